The Morgan fingerprint density at radius 2 is 1.10 bits per heavy atom. The first kappa shape index (κ1) is 23.0. The third-order valence-corrected chi connectivity index (χ3v) is 7.52. The van der Waals surface area contributed by atoms with Gasteiger partial charge in [0.2, 0.25) is 0 Å². The number of pyridine rings is 2. The van der Waals surface area contributed by atoms with Crippen LogP contribution in [0.2, 0.25) is 0 Å². The molecule has 0 saturated heterocycles. The van der Waals surface area contributed by atoms with E-state index < -0.39 is 0 Å². The maximum Gasteiger partial charge on any atom is 0.147 e. The second-order valence-corrected chi connectivity index (χ2v) is 9.84. The van der Waals surface area contributed by atoms with Gasteiger partial charge in [0.05, 0.1) is 27.6 Å². The highest BCUT2D eigenvalue weighted by Gasteiger charge is 2.18. The molecule has 0 aliphatic rings. The number of ether oxygens (including phenoxy) is 1. The molecule has 0 radical (unpaired) electrons. The van der Waals surface area contributed by atoms with E-state index in [-0.39, 0.29) is 0 Å². The molecule has 8 rings (SSSR count). The van der Waals surface area contributed by atoms with Crippen LogP contribution in [0.15, 0.2) is 128 Å². The minimum atomic E-state index is 0.465. The number of aromatic nitrogens is 4. The van der Waals surface area contributed by atoms with Crippen LogP contribution < -0.4 is 4.74 Å². The number of nitrogens with zero attached hydrogens (tertiary/aromatic N) is 5. The minimum absolute atomic E-state index is 0.465. The molecule has 0 atom stereocenters. The summed E-state index contributed by atoms with van der Waals surface area (Å²) in [6, 6.07) is 40.5. The van der Waals surface area contributed by atoms with Crippen molar-refractivity contribution >= 4 is 43.6 Å². The van der Waals surface area contributed by atoms with Crippen LogP contribution in [0.3, 0.4) is 0 Å². The van der Waals surface area contributed by atoms with E-state index in [1.165, 1.54) is 0 Å². The van der Waals surface area contributed by atoms with Crippen LogP contribution in [0.5, 0.6) is 11.5 Å². The summed E-state index contributed by atoms with van der Waals surface area (Å²) in [6.07, 6.45) is 3.58. The van der Waals surface area contributed by atoms with Crippen LogP contribution in [0.1, 0.15) is 5.56 Å². The highest BCUT2D eigenvalue weighted by Crippen LogP contribution is 2.39. The first-order valence-corrected chi connectivity index (χ1v) is 13.3. The zero-order valence-corrected chi connectivity index (χ0v) is 21.8. The Hall–Kier alpha value is -5.93. The van der Waals surface area contributed by atoms with Gasteiger partial charge in [-0.1, -0.05) is 48.5 Å². The van der Waals surface area contributed by atoms with Crippen LogP contribution in [0.4, 0.5) is 0 Å². The monoisotopic (exact) mass is 527 g/mol. The summed E-state index contributed by atoms with van der Waals surface area (Å²) in [5.41, 5.74) is 4.44. The highest BCUT2D eigenvalue weighted by atomic mass is 16.5. The van der Waals surface area contributed by atoms with Crippen molar-refractivity contribution in [2.45, 2.75) is 0 Å². The molecule has 4 heterocycles. The molecule has 41 heavy (non-hydrogen) atoms. The highest BCUT2D eigenvalue weighted by molar-refractivity contribution is 6.11. The predicted molar refractivity (Wildman–Crippen MR) is 162 cm³/mol. The molecule has 0 fully saturated rings. The maximum absolute atomic E-state index is 10.2. The average Bonchev–Trinajstić information content (AvgIpc) is 3.53. The van der Waals surface area contributed by atoms with Crippen LogP contribution in [-0.2, 0) is 0 Å². The maximum atomic E-state index is 10.2. The van der Waals surface area contributed by atoms with Crippen molar-refractivity contribution in [2.24, 2.45) is 0 Å². The van der Waals surface area contributed by atoms with E-state index >= 15 is 0 Å². The number of benzene rings is 4. The molecule has 0 aliphatic carbocycles. The Balaban J connectivity index is 1.34. The first-order chi connectivity index (χ1) is 20.3. The van der Waals surface area contributed by atoms with Gasteiger partial charge in [0.1, 0.15) is 29.2 Å². The van der Waals surface area contributed by atoms with Crippen LogP contribution in [0, 0.1) is 11.3 Å². The molecule has 0 saturated carbocycles. The smallest absolute Gasteiger partial charge is 0.147 e. The van der Waals surface area contributed by atoms with Crippen molar-refractivity contribution in [3.05, 3.63) is 133 Å². The molecule has 0 unspecified atom stereocenters. The summed E-state index contributed by atoms with van der Waals surface area (Å²) in [5, 5.41) is 14.4. The van der Waals surface area contributed by atoms with Crippen LogP contribution in [0.25, 0.3) is 55.2 Å². The second-order valence-electron chi connectivity index (χ2n) is 9.84. The van der Waals surface area contributed by atoms with E-state index in [0.29, 0.717) is 17.1 Å². The molecule has 0 amide bonds. The molecule has 192 valence electrons. The van der Waals surface area contributed by atoms with E-state index in [0.717, 1.165) is 55.2 Å². The van der Waals surface area contributed by atoms with Crippen LogP contribution in [-0.4, -0.2) is 19.1 Å². The van der Waals surface area contributed by atoms with Gasteiger partial charge in [-0.2, -0.15) is 5.26 Å². The minimum Gasteiger partial charge on any atom is -0.456 e. The molecule has 0 spiro atoms. The molecular formula is C35H21N5O. The van der Waals surface area contributed by atoms with Gasteiger partial charge in [-0.25, -0.2) is 9.97 Å². The molecule has 0 N–H and O–H groups in total. The van der Waals surface area contributed by atoms with Crippen molar-refractivity contribution in [1.82, 2.24) is 19.1 Å². The lowest BCUT2D eigenvalue weighted by Gasteiger charge is -2.11. The van der Waals surface area contributed by atoms with Crippen LogP contribution >= 0.6 is 0 Å². The van der Waals surface area contributed by atoms with Crippen molar-refractivity contribution in [1.29, 1.82) is 5.26 Å². The summed E-state index contributed by atoms with van der Waals surface area (Å²) in [4.78, 5) is 9.25. The Bertz CT molecular complexity index is 2290. The molecular weight excluding hydrogens is 506 g/mol. The predicted octanol–water partition coefficient (Wildman–Crippen LogP) is 8.33. The van der Waals surface area contributed by atoms with Gasteiger partial charge in [-0.15, -0.1) is 0 Å². The number of nitriles is 1. The lowest BCUT2D eigenvalue weighted by molar-refractivity contribution is 0.482. The normalized spacial score (nSPS) is 11.4. The lowest BCUT2D eigenvalue weighted by atomic mass is 10.1. The number of rotatable bonds is 4. The fraction of sp³-hybridized carbons (Fsp3) is 0. The largest absolute Gasteiger partial charge is 0.456 e. The van der Waals surface area contributed by atoms with E-state index in [9.17, 15) is 5.26 Å². The first-order valence-electron chi connectivity index (χ1n) is 13.3. The third-order valence-electron chi connectivity index (χ3n) is 7.52. The summed E-state index contributed by atoms with van der Waals surface area (Å²) in [7, 11) is 0. The van der Waals surface area contributed by atoms with Crippen molar-refractivity contribution in [2.75, 3.05) is 0 Å². The van der Waals surface area contributed by atoms with E-state index in [2.05, 4.69) is 55.5 Å². The standard InChI is InChI=1S/C35H21N5O/c36-22-23-19-28-26-10-2-4-12-30(26)40(35-14-6-8-18-38-35)32(28)21-33(23)41-24-15-16-27-25-9-1-3-11-29(25)39(31(27)20-24)34-13-5-7-17-37-34/h1-21H. The van der Waals surface area contributed by atoms with E-state index in [1.807, 2.05) is 84.9 Å². The van der Waals surface area contributed by atoms with E-state index in [1.54, 1.807) is 12.4 Å². The van der Waals surface area contributed by atoms with Crippen molar-refractivity contribution < 1.29 is 4.74 Å². The van der Waals surface area contributed by atoms with Gasteiger partial charge in [-0.3, -0.25) is 9.13 Å². The van der Waals surface area contributed by atoms with Gasteiger partial charge in [0, 0.05) is 46.1 Å². The molecule has 8 aromatic rings. The Morgan fingerprint density at radius 1 is 0.537 bits per heavy atom. The quantitative estimate of drug-likeness (QED) is 0.231. The summed E-state index contributed by atoms with van der Waals surface area (Å²) in [5.74, 6) is 2.75. The summed E-state index contributed by atoms with van der Waals surface area (Å²) >= 11 is 0. The molecule has 6 nitrogen and oxygen atoms in total. The van der Waals surface area contributed by atoms with Crippen molar-refractivity contribution in [3.63, 3.8) is 0 Å². The number of para-hydroxylation sites is 2. The summed E-state index contributed by atoms with van der Waals surface area (Å²) < 4.78 is 10.8. The zero-order valence-electron chi connectivity index (χ0n) is 21.8. The average molecular weight is 528 g/mol. The van der Waals surface area contributed by atoms with Gasteiger partial charge in [0.25, 0.3) is 0 Å². The lowest BCUT2D eigenvalue weighted by Crippen LogP contribution is -1.97. The van der Waals surface area contributed by atoms with Gasteiger partial charge < -0.3 is 4.74 Å². The summed E-state index contributed by atoms with van der Waals surface area (Å²) in [6.45, 7) is 0. The molecule has 0 bridgehead atoms. The zero-order chi connectivity index (χ0) is 27.3. The molecule has 0 aliphatic heterocycles. The van der Waals surface area contributed by atoms with Gasteiger partial charge >= 0.3 is 0 Å². The third kappa shape index (κ3) is 3.57. The fourth-order valence-electron chi connectivity index (χ4n) is 5.77. The van der Waals surface area contributed by atoms with Gasteiger partial charge in [-0.05, 0) is 54.6 Å². The molecule has 6 heteroatoms. The topological polar surface area (TPSA) is 68.7 Å². The number of hydrogen-bond donors (Lipinski definition) is 0. The number of hydrogen-bond acceptors (Lipinski definition) is 4. The Kier molecular flexibility index (Phi) is 5.09. The fourth-order valence-corrected chi connectivity index (χ4v) is 5.77. The molecule has 4 aromatic carbocycles. The molecule has 4 aromatic heterocycles. The second kappa shape index (κ2) is 9.08. The van der Waals surface area contributed by atoms with Gasteiger partial charge in [0.15, 0.2) is 0 Å². The Labute approximate surface area is 234 Å². The van der Waals surface area contributed by atoms with Crippen molar-refractivity contribution in [3.8, 4) is 29.2 Å². The number of fused-ring (bicyclic) bond motifs is 6. The SMILES string of the molecule is N#Cc1cc2c3ccccc3n(-c3ccccn3)c2cc1Oc1ccc2c3ccccc3n(-c3ccccn3)c2c1. The van der Waals surface area contributed by atoms with E-state index in [4.69, 9.17) is 4.74 Å². The Morgan fingerprint density at radius 3 is 1.71 bits per heavy atom.